The monoisotopic (exact) mass is 368 g/mol. The quantitative estimate of drug-likeness (QED) is 0.755. The summed E-state index contributed by atoms with van der Waals surface area (Å²) in [5, 5.41) is 6.47. The molecule has 0 saturated heterocycles. The number of nitrogens with one attached hydrogen (secondary N) is 3. The van der Waals surface area contributed by atoms with Crippen LogP contribution in [0, 0.1) is 20.8 Å². The van der Waals surface area contributed by atoms with Gasteiger partial charge >= 0.3 is 6.03 Å². The molecule has 1 heterocycles. The Bertz CT molecular complexity index is 860. The highest BCUT2D eigenvalue weighted by atomic mass is 32.2. The molecule has 7 nitrogen and oxygen atoms in total. The maximum atomic E-state index is 12.1. The smallest absolute Gasteiger partial charge is 0.319 e. The second-order valence-electron chi connectivity index (χ2n) is 5.45. The van der Waals surface area contributed by atoms with Crippen LogP contribution >= 0.6 is 11.3 Å². The molecule has 0 aliphatic rings. The first-order valence-electron chi connectivity index (χ1n) is 7.20. The SMILES string of the molecule is Cc1nc(C)c(CNC(=O)Nc2cc(NS(C)(=O)=O)ccc2C)s1. The topological polar surface area (TPSA) is 100 Å². The van der Waals surface area contributed by atoms with E-state index in [-0.39, 0.29) is 6.03 Å². The van der Waals surface area contributed by atoms with Crippen molar-refractivity contribution >= 4 is 38.8 Å². The van der Waals surface area contributed by atoms with E-state index in [0.717, 1.165) is 27.4 Å². The molecule has 0 aliphatic heterocycles. The van der Waals surface area contributed by atoms with Crippen LogP contribution in [-0.4, -0.2) is 25.7 Å². The van der Waals surface area contributed by atoms with Gasteiger partial charge in [0.05, 0.1) is 29.2 Å². The molecule has 2 rings (SSSR count). The molecule has 0 unspecified atom stereocenters. The zero-order valence-electron chi connectivity index (χ0n) is 13.9. The van der Waals surface area contributed by atoms with Gasteiger partial charge < -0.3 is 10.6 Å². The van der Waals surface area contributed by atoms with Gasteiger partial charge in [-0.15, -0.1) is 11.3 Å². The standard InChI is InChI=1S/C15H20N4O3S2/c1-9-5-6-12(19-24(4,21)22)7-13(9)18-15(20)16-8-14-10(2)17-11(3)23-14/h5-7,19H,8H2,1-4H3,(H2,16,18,20). The molecule has 1 aromatic carbocycles. The molecule has 0 bridgehead atoms. The molecule has 9 heteroatoms. The summed E-state index contributed by atoms with van der Waals surface area (Å²) in [6.45, 7) is 6.05. The van der Waals surface area contributed by atoms with Gasteiger partial charge in [0, 0.05) is 10.6 Å². The van der Waals surface area contributed by atoms with Crippen molar-refractivity contribution in [2.45, 2.75) is 27.3 Å². The zero-order valence-corrected chi connectivity index (χ0v) is 15.6. The van der Waals surface area contributed by atoms with Crippen molar-refractivity contribution in [3.63, 3.8) is 0 Å². The number of amides is 2. The van der Waals surface area contributed by atoms with Crippen molar-refractivity contribution in [1.29, 1.82) is 0 Å². The third-order valence-corrected chi connectivity index (χ3v) is 4.88. The number of nitrogens with zero attached hydrogens (tertiary/aromatic N) is 1. The number of thiazole rings is 1. The lowest BCUT2D eigenvalue weighted by molar-refractivity contribution is 0.252. The van der Waals surface area contributed by atoms with E-state index in [4.69, 9.17) is 0 Å². The Morgan fingerprint density at radius 2 is 1.96 bits per heavy atom. The predicted molar refractivity (Wildman–Crippen MR) is 97.1 cm³/mol. The second-order valence-corrected chi connectivity index (χ2v) is 8.49. The van der Waals surface area contributed by atoms with E-state index >= 15 is 0 Å². The van der Waals surface area contributed by atoms with Crippen LogP contribution < -0.4 is 15.4 Å². The van der Waals surface area contributed by atoms with Crippen molar-refractivity contribution in [3.05, 3.63) is 39.3 Å². The van der Waals surface area contributed by atoms with Crippen LogP contribution in [0.5, 0.6) is 0 Å². The maximum Gasteiger partial charge on any atom is 0.319 e. The number of urea groups is 1. The highest BCUT2D eigenvalue weighted by Crippen LogP contribution is 2.21. The number of benzene rings is 1. The Labute approximate surface area is 145 Å². The van der Waals surface area contributed by atoms with E-state index in [0.29, 0.717) is 17.9 Å². The lowest BCUT2D eigenvalue weighted by atomic mass is 10.2. The number of sulfonamides is 1. The van der Waals surface area contributed by atoms with Crippen LogP contribution in [0.15, 0.2) is 18.2 Å². The first-order valence-corrected chi connectivity index (χ1v) is 9.91. The predicted octanol–water partition coefficient (Wildman–Crippen LogP) is 2.76. The molecule has 2 aromatic rings. The van der Waals surface area contributed by atoms with E-state index in [1.54, 1.807) is 29.5 Å². The fourth-order valence-electron chi connectivity index (χ4n) is 2.10. The number of hydrogen-bond acceptors (Lipinski definition) is 5. The highest BCUT2D eigenvalue weighted by Gasteiger charge is 2.10. The Balaban J connectivity index is 2.03. The minimum absolute atomic E-state index is 0.361. The van der Waals surface area contributed by atoms with Crippen molar-refractivity contribution in [3.8, 4) is 0 Å². The molecule has 0 radical (unpaired) electrons. The van der Waals surface area contributed by atoms with E-state index < -0.39 is 10.0 Å². The summed E-state index contributed by atoms with van der Waals surface area (Å²) in [5.74, 6) is 0. The molecule has 130 valence electrons. The van der Waals surface area contributed by atoms with Crippen molar-refractivity contribution in [2.75, 3.05) is 16.3 Å². The fraction of sp³-hybridized carbons (Fsp3) is 0.333. The maximum absolute atomic E-state index is 12.1. The molecule has 2 amide bonds. The minimum atomic E-state index is -3.37. The Morgan fingerprint density at radius 1 is 1.25 bits per heavy atom. The van der Waals surface area contributed by atoms with Crippen LogP contribution in [0.25, 0.3) is 0 Å². The summed E-state index contributed by atoms with van der Waals surface area (Å²) in [6, 6.07) is 4.60. The summed E-state index contributed by atoms with van der Waals surface area (Å²) in [5.41, 5.74) is 2.67. The molecule has 0 saturated carbocycles. The van der Waals surface area contributed by atoms with Crippen molar-refractivity contribution < 1.29 is 13.2 Å². The summed E-state index contributed by atoms with van der Waals surface area (Å²) in [6.07, 6.45) is 1.08. The summed E-state index contributed by atoms with van der Waals surface area (Å²) in [7, 11) is -3.37. The Morgan fingerprint density at radius 3 is 2.54 bits per heavy atom. The number of hydrogen-bond donors (Lipinski definition) is 3. The first-order chi connectivity index (χ1) is 11.1. The minimum Gasteiger partial charge on any atom is -0.333 e. The van der Waals surface area contributed by atoms with Crippen LogP contribution in [0.1, 0.15) is 21.1 Å². The normalized spacial score (nSPS) is 11.2. The summed E-state index contributed by atoms with van der Waals surface area (Å²) >= 11 is 1.54. The number of aromatic nitrogens is 1. The largest absolute Gasteiger partial charge is 0.333 e. The van der Waals surface area contributed by atoms with Crippen LogP contribution in [0.2, 0.25) is 0 Å². The van der Waals surface area contributed by atoms with Gasteiger partial charge in [-0.2, -0.15) is 0 Å². The molecule has 3 N–H and O–H groups in total. The van der Waals surface area contributed by atoms with Gasteiger partial charge in [0.1, 0.15) is 0 Å². The van der Waals surface area contributed by atoms with Gasteiger partial charge in [-0.25, -0.2) is 18.2 Å². The molecule has 0 spiro atoms. The molecule has 0 atom stereocenters. The lowest BCUT2D eigenvalue weighted by Gasteiger charge is -2.12. The van der Waals surface area contributed by atoms with Gasteiger partial charge in [-0.05, 0) is 38.5 Å². The van der Waals surface area contributed by atoms with E-state index in [9.17, 15) is 13.2 Å². The average molecular weight is 368 g/mol. The molecule has 24 heavy (non-hydrogen) atoms. The summed E-state index contributed by atoms with van der Waals surface area (Å²) < 4.78 is 25.0. The van der Waals surface area contributed by atoms with Gasteiger partial charge in [-0.3, -0.25) is 4.72 Å². The van der Waals surface area contributed by atoms with Gasteiger partial charge in [0.15, 0.2) is 0 Å². The number of carbonyl (C=O) groups excluding carboxylic acids is 1. The first kappa shape index (κ1) is 18.2. The third kappa shape index (κ3) is 5.20. The lowest BCUT2D eigenvalue weighted by Crippen LogP contribution is -2.28. The third-order valence-electron chi connectivity index (χ3n) is 3.20. The highest BCUT2D eigenvalue weighted by molar-refractivity contribution is 7.92. The molecular formula is C15H20N4O3S2. The Hall–Kier alpha value is -2.13. The fourth-order valence-corrected chi connectivity index (χ4v) is 3.53. The van der Waals surface area contributed by atoms with Crippen LogP contribution in [0.4, 0.5) is 16.2 Å². The molecular weight excluding hydrogens is 348 g/mol. The molecule has 0 fully saturated rings. The second kappa shape index (κ2) is 7.18. The average Bonchev–Trinajstić information content (AvgIpc) is 2.77. The van der Waals surface area contributed by atoms with E-state index in [1.807, 2.05) is 20.8 Å². The molecule has 1 aromatic heterocycles. The number of rotatable bonds is 5. The number of carbonyl (C=O) groups is 1. The van der Waals surface area contributed by atoms with E-state index in [1.165, 1.54) is 0 Å². The van der Waals surface area contributed by atoms with Crippen LogP contribution in [-0.2, 0) is 16.6 Å². The van der Waals surface area contributed by atoms with Gasteiger partial charge in [0.25, 0.3) is 0 Å². The van der Waals surface area contributed by atoms with Gasteiger partial charge in [0.2, 0.25) is 10.0 Å². The van der Waals surface area contributed by atoms with Crippen LogP contribution in [0.3, 0.4) is 0 Å². The van der Waals surface area contributed by atoms with Crippen molar-refractivity contribution in [1.82, 2.24) is 10.3 Å². The Kier molecular flexibility index (Phi) is 5.45. The number of aryl methyl sites for hydroxylation is 3. The van der Waals surface area contributed by atoms with Gasteiger partial charge in [-0.1, -0.05) is 6.07 Å². The molecule has 0 aliphatic carbocycles. The van der Waals surface area contributed by atoms with E-state index in [2.05, 4.69) is 20.3 Å². The van der Waals surface area contributed by atoms with Crippen molar-refractivity contribution in [2.24, 2.45) is 0 Å². The number of anilines is 2. The zero-order chi connectivity index (χ0) is 17.9. The summed E-state index contributed by atoms with van der Waals surface area (Å²) in [4.78, 5) is 17.4.